The van der Waals surface area contributed by atoms with Crippen molar-refractivity contribution in [2.24, 2.45) is 0 Å². The molecule has 0 saturated carbocycles. The van der Waals surface area contributed by atoms with Gasteiger partial charge in [0.05, 0.1) is 29.4 Å². The minimum Gasteiger partial charge on any atom is -0.369 e. The Morgan fingerprint density at radius 2 is 2.12 bits per heavy atom. The number of para-hydroxylation sites is 1. The molecule has 4 heterocycles. The van der Waals surface area contributed by atoms with Gasteiger partial charge in [-0.05, 0) is 25.1 Å². The molecule has 1 N–H and O–H groups in total. The minimum absolute atomic E-state index is 0.0970. The zero-order chi connectivity index (χ0) is 17.7. The van der Waals surface area contributed by atoms with Gasteiger partial charge in [-0.25, -0.2) is 4.68 Å². The average molecular weight is 368 g/mol. The molecule has 2 aliphatic rings. The third-order valence-electron chi connectivity index (χ3n) is 5.19. The first kappa shape index (κ1) is 16.0. The Kier molecular flexibility index (Phi) is 3.63. The third-order valence-corrected chi connectivity index (χ3v) is 6.28. The van der Waals surface area contributed by atoms with Gasteiger partial charge in [-0.1, -0.05) is 18.2 Å². The van der Waals surface area contributed by atoms with E-state index in [-0.39, 0.29) is 11.5 Å². The van der Waals surface area contributed by atoms with Crippen molar-refractivity contribution in [3.05, 3.63) is 47.0 Å². The SMILES string of the molecule is Cc1nn(-c2ccccc2)c2sc(C(=O)N3CCOC4(CNC4)C3)cc12. The number of amides is 1. The summed E-state index contributed by atoms with van der Waals surface area (Å²) < 4.78 is 7.82. The largest absolute Gasteiger partial charge is 0.369 e. The number of benzene rings is 1. The van der Waals surface area contributed by atoms with E-state index in [1.165, 1.54) is 11.3 Å². The van der Waals surface area contributed by atoms with E-state index in [1.54, 1.807) is 0 Å². The molecular weight excluding hydrogens is 348 g/mol. The molecule has 5 rings (SSSR count). The molecule has 2 saturated heterocycles. The molecule has 0 aliphatic carbocycles. The summed E-state index contributed by atoms with van der Waals surface area (Å²) in [5.74, 6) is 0.0970. The van der Waals surface area contributed by atoms with Crippen molar-refractivity contribution in [3.8, 4) is 5.69 Å². The molecule has 6 nitrogen and oxygen atoms in total. The van der Waals surface area contributed by atoms with Crippen LogP contribution in [0, 0.1) is 6.92 Å². The number of aromatic nitrogens is 2. The Balaban J connectivity index is 1.49. The van der Waals surface area contributed by atoms with Gasteiger partial charge in [0, 0.05) is 25.0 Å². The highest BCUT2D eigenvalue weighted by atomic mass is 32.1. The van der Waals surface area contributed by atoms with Gasteiger partial charge in [0.2, 0.25) is 0 Å². The van der Waals surface area contributed by atoms with Crippen LogP contribution < -0.4 is 5.32 Å². The summed E-state index contributed by atoms with van der Waals surface area (Å²) in [5, 5.41) is 8.95. The molecule has 3 aromatic rings. The lowest BCUT2D eigenvalue weighted by molar-refractivity contribution is -0.126. The first-order valence-corrected chi connectivity index (χ1v) is 9.65. The predicted octanol–water partition coefficient (Wildman–Crippen LogP) is 2.21. The standard InChI is InChI=1S/C19H20N4O2S/c1-13-15-9-16(17(24)22-7-8-25-19(12-22)10-20-11-19)26-18(15)23(21-13)14-5-3-2-4-6-14/h2-6,9,20H,7-8,10-12H2,1H3. The van der Waals surface area contributed by atoms with E-state index in [4.69, 9.17) is 4.74 Å². The fourth-order valence-electron chi connectivity index (χ4n) is 3.69. The predicted molar refractivity (Wildman–Crippen MR) is 101 cm³/mol. The lowest BCUT2D eigenvalue weighted by Gasteiger charge is -2.48. The van der Waals surface area contributed by atoms with Crippen LogP contribution in [-0.4, -0.2) is 59.0 Å². The summed E-state index contributed by atoms with van der Waals surface area (Å²) in [5.41, 5.74) is 1.78. The number of carbonyl (C=O) groups excluding carboxylic acids is 1. The Bertz CT molecular complexity index is 974. The van der Waals surface area contributed by atoms with Crippen molar-refractivity contribution in [1.29, 1.82) is 0 Å². The monoisotopic (exact) mass is 368 g/mol. The number of thiophene rings is 1. The number of carbonyl (C=O) groups is 1. The number of fused-ring (bicyclic) bond motifs is 1. The van der Waals surface area contributed by atoms with E-state index in [0.717, 1.165) is 39.6 Å². The molecule has 26 heavy (non-hydrogen) atoms. The molecule has 2 fully saturated rings. The average Bonchev–Trinajstić information content (AvgIpc) is 3.21. The van der Waals surface area contributed by atoms with Crippen LogP contribution >= 0.6 is 11.3 Å². The Morgan fingerprint density at radius 1 is 1.31 bits per heavy atom. The van der Waals surface area contributed by atoms with Gasteiger partial charge < -0.3 is 15.0 Å². The lowest BCUT2D eigenvalue weighted by Crippen LogP contribution is -2.69. The lowest BCUT2D eigenvalue weighted by atomic mass is 9.94. The fourth-order valence-corrected chi connectivity index (χ4v) is 4.84. The molecule has 2 aromatic heterocycles. The number of hydrogen-bond acceptors (Lipinski definition) is 5. The number of ether oxygens (including phenoxy) is 1. The molecule has 1 aromatic carbocycles. The van der Waals surface area contributed by atoms with Crippen LogP contribution in [0.2, 0.25) is 0 Å². The number of rotatable bonds is 2. The van der Waals surface area contributed by atoms with Crippen LogP contribution in [0.15, 0.2) is 36.4 Å². The van der Waals surface area contributed by atoms with Crippen LogP contribution in [-0.2, 0) is 4.74 Å². The second-order valence-corrected chi connectivity index (χ2v) is 8.05. The maximum Gasteiger partial charge on any atom is 0.264 e. The fraction of sp³-hybridized carbons (Fsp3) is 0.368. The third kappa shape index (κ3) is 2.46. The Labute approximate surface area is 155 Å². The number of hydrogen-bond donors (Lipinski definition) is 1. The van der Waals surface area contributed by atoms with Gasteiger partial charge in [-0.15, -0.1) is 11.3 Å². The summed E-state index contributed by atoms with van der Waals surface area (Å²) in [6.45, 7) is 5.56. The summed E-state index contributed by atoms with van der Waals surface area (Å²) >= 11 is 1.52. The second-order valence-electron chi connectivity index (χ2n) is 7.02. The smallest absolute Gasteiger partial charge is 0.264 e. The van der Waals surface area contributed by atoms with E-state index >= 15 is 0 Å². The van der Waals surface area contributed by atoms with Crippen molar-refractivity contribution in [3.63, 3.8) is 0 Å². The molecule has 1 spiro atoms. The van der Waals surface area contributed by atoms with Gasteiger partial charge in [0.15, 0.2) is 0 Å². The maximum atomic E-state index is 13.1. The van der Waals surface area contributed by atoms with Crippen LogP contribution in [0.4, 0.5) is 0 Å². The Hall–Kier alpha value is -2.22. The molecule has 134 valence electrons. The summed E-state index contributed by atoms with van der Waals surface area (Å²) in [6, 6.07) is 12.0. The van der Waals surface area contributed by atoms with Crippen LogP contribution in [0.25, 0.3) is 15.9 Å². The highest BCUT2D eigenvalue weighted by Gasteiger charge is 2.43. The van der Waals surface area contributed by atoms with Gasteiger partial charge in [-0.2, -0.15) is 5.10 Å². The van der Waals surface area contributed by atoms with E-state index < -0.39 is 0 Å². The molecule has 2 aliphatic heterocycles. The van der Waals surface area contributed by atoms with E-state index in [2.05, 4.69) is 10.4 Å². The number of morpholine rings is 1. The minimum atomic E-state index is -0.179. The normalized spacial score (nSPS) is 19.0. The van der Waals surface area contributed by atoms with Crippen LogP contribution in [0.5, 0.6) is 0 Å². The number of nitrogens with one attached hydrogen (secondary N) is 1. The summed E-state index contributed by atoms with van der Waals surface area (Å²) in [6.07, 6.45) is 0. The Morgan fingerprint density at radius 3 is 2.85 bits per heavy atom. The highest BCUT2D eigenvalue weighted by molar-refractivity contribution is 7.20. The van der Waals surface area contributed by atoms with Crippen molar-refractivity contribution < 1.29 is 9.53 Å². The zero-order valence-corrected chi connectivity index (χ0v) is 15.4. The topological polar surface area (TPSA) is 59.4 Å². The summed E-state index contributed by atoms with van der Waals surface area (Å²) in [7, 11) is 0. The van der Waals surface area contributed by atoms with Gasteiger partial charge >= 0.3 is 0 Å². The van der Waals surface area contributed by atoms with E-state index in [1.807, 2.05) is 52.9 Å². The van der Waals surface area contributed by atoms with Crippen molar-refractivity contribution in [2.45, 2.75) is 12.5 Å². The van der Waals surface area contributed by atoms with Crippen LogP contribution in [0.1, 0.15) is 15.4 Å². The van der Waals surface area contributed by atoms with Crippen molar-refractivity contribution >= 4 is 27.5 Å². The molecule has 0 atom stereocenters. The van der Waals surface area contributed by atoms with Gasteiger partial charge in [0.1, 0.15) is 10.4 Å². The number of nitrogens with zero attached hydrogens (tertiary/aromatic N) is 3. The number of aryl methyl sites for hydroxylation is 1. The molecule has 0 unspecified atom stereocenters. The van der Waals surface area contributed by atoms with Crippen molar-refractivity contribution in [1.82, 2.24) is 20.0 Å². The molecule has 0 radical (unpaired) electrons. The quantitative estimate of drug-likeness (QED) is 0.753. The van der Waals surface area contributed by atoms with Crippen molar-refractivity contribution in [2.75, 3.05) is 32.8 Å². The zero-order valence-electron chi connectivity index (χ0n) is 14.6. The van der Waals surface area contributed by atoms with E-state index in [9.17, 15) is 4.79 Å². The van der Waals surface area contributed by atoms with Gasteiger partial charge in [0.25, 0.3) is 5.91 Å². The molecular formula is C19H20N4O2S. The second kappa shape index (κ2) is 5.90. The molecule has 0 bridgehead atoms. The molecule has 7 heteroatoms. The van der Waals surface area contributed by atoms with Crippen LogP contribution in [0.3, 0.4) is 0 Å². The maximum absolute atomic E-state index is 13.1. The first-order valence-electron chi connectivity index (χ1n) is 8.84. The summed E-state index contributed by atoms with van der Waals surface area (Å²) in [4.78, 5) is 16.8. The highest BCUT2D eigenvalue weighted by Crippen LogP contribution is 2.32. The van der Waals surface area contributed by atoms with Gasteiger partial charge in [-0.3, -0.25) is 4.79 Å². The van der Waals surface area contributed by atoms with E-state index in [0.29, 0.717) is 19.7 Å². The first-order chi connectivity index (χ1) is 12.7. The molecule has 1 amide bonds.